The van der Waals surface area contributed by atoms with Crippen LogP contribution in [0.25, 0.3) is 5.57 Å². The van der Waals surface area contributed by atoms with Crippen molar-refractivity contribution < 1.29 is 9.53 Å². The van der Waals surface area contributed by atoms with Gasteiger partial charge in [0.1, 0.15) is 6.61 Å². The van der Waals surface area contributed by atoms with Crippen LogP contribution in [0.5, 0.6) is 5.75 Å². The molecule has 1 saturated heterocycles. The molecule has 19 heavy (non-hydrogen) atoms. The van der Waals surface area contributed by atoms with Gasteiger partial charge in [0, 0.05) is 31.1 Å². The molecule has 3 heterocycles. The van der Waals surface area contributed by atoms with Crippen molar-refractivity contribution in [1.29, 1.82) is 0 Å². The Morgan fingerprint density at radius 3 is 3.26 bits per heavy atom. The second kappa shape index (κ2) is 5.26. The molecule has 2 aliphatic rings. The molecule has 1 N–H and O–H groups in total. The molecule has 1 unspecified atom stereocenters. The summed E-state index contributed by atoms with van der Waals surface area (Å²) in [5.41, 5.74) is 0.783. The number of thiophene rings is 1. The first-order chi connectivity index (χ1) is 9.16. The number of carbonyl (C=O) groups is 1. The summed E-state index contributed by atoms with van der Waals surface area (Å²) in [5, 5.41) is 5.32. The van der Waals surface area contributed by atoms with Crippen LogP contribution in [0.15, 0.2) is 15.9 Å². The summed E-state index contributed by atoms with van der Waals surface area (Å²) in [4.78, 5) is 15.5. The minimum Gasteiger partial charge on any atom is -0.487 e. The van der Waals surface area contributed by atoms with E-state index in [4.69, 9.17) is 4.74 Å². The highest BCUT2D eigenvalue weighted by Crippen LogP contribution is 2.42. The Morgan fingerprint density at radius 2 is 2.47 bits per heavy atom. The molecule has 0 bridgehead atoms. The average Bonchev–Trinajstić information content (AvgIpc) is 2.80. The van der Waals surface area contributed by atoms with Gasteiger partial charge in [-0.3, -0.25) is 4.79 Å². The molecule has 1 amide bonds. The van der Waals surface area contributed by atoms with Crippen molar-refractivity contribution in [2.75, 3.05) is 26.2 Å². The Bertz CT molecular complexity index is 541. The lowest BCUT2D eigenvalue weighted by atomic mass is 10.1. The largest absolute Gasteiger partial charge is 0.487 e. The van der Waals surface area contributed by atoms with Crippen molar-refractivity contribution in [1.82, 2.24) is 10.2 Å². The van der Waals surface area contributed by atoms with Crippen molar-refractivity contribution in [2.24, 2.45) is 0 Å². The summed E-state index contributed by atoms with van der Waals surface area (Å²) in [6, 6.07) is 0.354. The fraction of sp³-hybridized carbons (Fsp3) is 0.462. The van der Waals surface area contributed by atoms with E-state index in [9.17, 15) is 4.79 Å². The molecule has 0 aromatic carbocycles. The lowest BCUT2D eigenvalue weighted by Crippen LogP contribution is -2.51. The average molecular weight is 343 g/mol. The number of carbonyl (C=O) groups excluding carboxylic acids is 1. The molecular weight excluding hydrogens is 328 g/mol. The molecule has 6 heteroatoms. The van der Waals surface area contributed by atoms with E-state index in [1.807, 2.05) is 16.4 Å². The van der Waals surface area contributed by atoms with Gasteiger partial charge in [-0.1, -0.05) is 0 Å². The summed E-state index contributed by atoms with van der Waals surface area (Å²) in [6.45, 7) is 4.95. The quantitative estimate of drug-likeness (QED) is 0.849. The molecule has 0 spiro atoms. The number of hydrogen-bond donors (Lipinski definition) is 1. The van der Waals surface area contributed by atoms with E-state index in [0.717, 1.165) is 40.3 Å². The zero-order valence-electron chi connectivity index (χ0n) is 10.6. The predicted molar refractivity (Wildman–Crippen MR) is 79.5 cm³/mol. The Hall–Kier alpha value is -0.850. The summed E-state index contributed by atoms with van der Waals surface area (Å²) < 4.78 is 6.52. The van der Waals surface area contributed by atoms with Gasteiger partial charge in [-0.05, 0) is 28.9 Å². The monoisotopic (exact) mass is 342 g/mol. The van der Waals surface area contributed by atoms with Crippen molar-refractivity contribution in [3.05, 3.63) is 20.8 Å². The molecule has 0 radical (unpaired) electrons. The van der Waals surface area contributed by atoms with Gasteiger partial charge in [0.05, 0.1) is 14.9 Å². The van der Waals surface area contributed by atoms with Gasteiger partial charge < -0.3 is 15.0 Å². The lowest BCUT2D eigenvalue weighted by Gasteiger charge is -2.33. The number of amides is 1. The Balaban J connectivity index is 1.85. The zero-order valence-corrected chi connectivity index (χ0v) is 13.0. The molecule has 4 nitrogen and oxygen atoms in total. The van der Waals surface area contributed by atoms with Gasteiger partial charge in [-0.15, -0.1) is 11.3 Å². The van der Waals surface area contributed by atoms with Gasteiger partial charge in [-0.25, -0.2) is 0 Å². The highest BCUT2D eigenvalue weighted by molar-refractivity contribution is 9.10. The van der Waals surface area contributed by atoms with Crippen molar-refractivity contribution in [3.8, 4) is 5.75 Å². The maximum absolute atomic E-state index is 12.6. The SMILES string of the molecule is CC1CN(C(=O)C2=CCOc3c(Br)csc32)CCN1. The normalized spacial score (nSPS) is 22.5. The first kappa shape index (κ1) is 13.1. The second-order valence-corrected chi connectivity index (χ2v) is 6.51. The van der Waals surface area contributed by atoms with Gasteiger partial charge >= 0.3 is 0 Å². The molecule has 1 aromatic heterocycles. The predicted octanol–water partition coefficient (Wildman–Crippen LogP) is 2.11. The van der Waals surface area contributed by atoms with E-state index in [0.29, 0.717) is 12.6 Å². The zero-order chi connectivity index (χ0) is 13.4. The smallest absolute Gasteiger partial charge is 0.255 e. The van der Waals surface area contributed by atoms with E-state index in [1.54, 1.807) is 11.3 Å². The molecule has 0 saturated carbocycles. The summed E-state index contributed by atoms with van der Waals surface area (Å²) >= 11 is 5.01. The fourth-order valence-electron chi connectivity index (χ4n) is 2.42. The minimum absolute atomic E-state index is 0.118. The van der Waals surface area contributed by atoms with Crippen LogP contribution < -0.4 is 10.1 Å². The number of hydrogen-bond acceptors (Lipinski definition) is 4. The first-order valence-corrected chi connectivity index (χ1v) is 7.97. The fourth-order valence-corrected chi connectivity index (χ4v) is 4.05. The summed E-state index contributed by atoms with van der Waals surface area (Å²) in [7, 11) is 0. The molecule has 3 rings (SSSR count). The van der Waals surface area contributed by atoms with Crippen molar-refractivity contribution >= 4 is 38.7 Å². The second-order valence-electron chi connectivity index (χ2n) is 4.78. The van der Waals surface area contributed by atoms with Crippen LogP contribution >= 0.6 is 27.3 Å². The highest BCUT2D eigenvalue weighted by atomic mass is 79.9. The Labute approximate surface area is 124 Å². The van der Waals surface area contributed by atoms with Crippen LogP contribution in [-0.4, -0.2) is 43.1 Å². The number of nitrogens with one attached hydrogen (secondary N) is 1. The van der Waals surface area contributed by atoms with Gasteiger partial charge in [0.15, 0.2) is 5.75 Å². The van der Waals surface area contributed by atoms with Crippen LogP contribution in [0, 0.1) is 0 Å². The highest BCUT2D eigenvalue weighted by Gasteiger charge is 2.29. The Kier molecular flexibility index (Phi) is 3.64. The van der Waals surface area contributed by atoms with Gasteiger partial charge in [0.25, 0.3) is 5.91 Å². The topological polar surface area (TPSA) is 41.6 Å². The molecule has 102 valence electrons. The third kappa shape index (κ3) is 2.44. The number of halogens is 1. The number of nitrogens with zero attached hydrogens (tertiary/aromatic N) is 1. The number of rotatable bonds is 1. The van der Waals surface area contributed by atoms with Crippen molar-refractivity contribution in [3.63, 3.8) is 0 Å². The maximum atomic E-state index is 12.6. The van der Waals surface area contributed by atoms with Crippen molar-refractivity contribution in [2.45, 2.75) is 13.0 Å². The van der Waals surface area contributed by atoms with Crippen LogP contribution in [0.4, 0.5) is 0 Å². The number of ether oxygens (including phenoxy) is 1. The third-order valence-corrected chi connectivity index (χ3v) is 5.24. The van der Waals surface area contributed by atoms with Gasteiger partial charge in [-0.2, -0.15) is 0 Å². The summed E-state index contributed by atoms with van der Waals surface area (Å²) in [5.74, 6) is 0.922. The molecule has 2 aliphatic heterocycles. The number of fused-ring (bicyclic) bond motifs is 1. The van der Waals surface area contributed by atoms with Gasteiger partial charge in [0.2, 0.25) is 0 Å². The lowest BCUT2D eigenvalue weighted by molar-refractivity contribution is -0.126. The summed E-state index contributed by atoms with van der Waals surface area (Å²) in [6.07, 6.45) is 1.89. The molecule has 0 aliphatic carbocycles. The minimum atomic E-state index is 0.118. The number of piperazine rings is 1. The van der Waals surface area contributed by atoms with E-state index in [1.165, 1.54) is 0 Å². The maximum Gasteiger partial charge on any atom is 0.255 e. The third-order valence-electron chi connectivity index (χ3n) is 3.35. The van der Waals surface area contributed by atoms with E-state index >= 15 is 0 Å². The molecule has 1 fully saturated rings. The Morgan fingerprint density at radius 1 is 1.63 bits per heavy atom. The van der Waals surface area contributed by atoms with E-state index in [2.05, 4.69) is 28.2 Å². The molecule has 1 atom stereocenters. The van der Waals surface area contributed by atoms with Crippen LogP contribution in [0.3, 0.4) is 0 Å². The molecule has 1 aromatic rings. The van der Waals surface area contributed by atoms with Crippen LogP contribution in [0.1, 0.15) is 11.8 Å². The van der Waals surface area contributed by atoms with Crippen LogP contribution in [-0.2, 0) is 4.79 Å². The van der Waals surface area contributed by atoms with E-state index in [-0.39, 0.29) is 5.91 Å². The first-order valence-electron chi connectivity index (χ1n) is 6.30. The van der Waals surface area contributed by atoms with E-state index < -0.39 is 0 Å². The standard InChI is InChI=1S/C13H15BrN2O2S/c1-8-6-16(4-3-15-8)13(17)9-2-5-18-11-10(14)7-19-12(9)11/h2,7-8,15H,3-6H2,1H3. The molecular formula is C13H15BrN2O2S. The van der Waals surface area contributed by atoms with Crippen LogP contribution in [0.2, 0.25) is 0 Å².